The second kappa shape index (κ2) is 68.0. The van der Waals surface area contributed by atoms with Gasteiger partial charge in [0.05, 0.1) is 0 Å². The minimum Gasteiger partial charge on any atom is -0.462 e. The van der Waals surface area contributed by atoms with Crippen LogP contribution in [0.25, 0.3) is 0 Å². The summed E-state index contributed by atoms with van der Waals surface area (Å²) in [6.07, 6.45) is 102. The van der Waals surface area contributed by atoms with Gasteiger partial charge in [-0.2, -0.15) is 0 Å². The molecule has 82 heavy (non-hydrogen) atoms. The number of allylic oxidation sites excluding steroid dienone is 30. The molecule has 0 aliphatic rings. The molecule has 0 rings (SSSR count). The van der Waals surface area contributed by atoms with E-state index in [1.54, 1.807) is 0 Å². The Hall–Kier alpha value is -5.49. The average Bonchev–Trinajstić information content (AvgIpc) is 3.47. The number of carbonyl (C=O) groups excluding carboxylic acids is 3. The van der Waals surface area contributed by atoms with Gasteiger partial charge in [-0.1, -0.05) is 267 Å². The van der Waals surface area contributed by atoms with Crippen LogP contribution in [0.1, 0.15) is 258 Å². The largest absolute Gasteiger partial charge is 0.462 e. The van der Waals surface area contributed by atoms with E-state index >= 15 is 0 Å². The van der Waals surface area contributed by atoms with Gasteiger partial charge >= 0.3 is 17.9 Å². The summed E-state index contributed by atoms with van der Waals surface area (Å²) >= 11 is 0. The lowest BCUT2D eigenvalue weighted by Crippen LogP contribution is -2.30. The summed E-state index contributed by atoms with van der Waals surface area (Å²) in [5.41, 5.74) is 0. The maximum atomic E-state index is 12.9. The predicted octanol–water partition coefficient (Wildman–Crippen LogP) is 22.8. The Morgan fingerprint density at radius 1 is 0.256 bits per heavy atom. The smallest absolute Gasteiger partial charge is 0.306 e. The molecule has 0 saturated carbocycles. The van der Waals surface area contributed by atoms with Crippen LogP contribution >= 0.6 is 0 Å². The van der Waals surface area contributed by atoms with Gasteiger partial charge in [-0.15, -0.1) is 0 Å². The first-order chi connectivity index (χ1) is 40.5. The summed E-state index contributed by atoms with van der Waals surface area (Å²) in [7, 11) is 0. The third-order valence-electron chi connectivity index (χ3n) is 13.1. The second-order valence-electron chi connectivity index (χ2n) is 20.9. The molecule has 0 saturated heterocycles. The molecule has 6 heteroatoms. The molecule has 0 aromatic rings. The normalized spacial score (nSPS) is 13.4. The molecule has 1 atom stereocenters. The third kappa shape index (κ3) is 65.3. The molecular weight excluding hydrogens is 1010 g/mol. The highest BCUT2D eigenvalue weighted by atomic mass is 16.6. The number of hydrogen-bond acceptors (Lipinski definition) is 6. The van der Waals surface area contributed by atoms with Gasteiger partial charge in [-0.05, 0) is 154 Å². The lowest BCUT2D eigenvalue weighted by Gasteiger charge is -2.18. The molecule has 0 N–H and O–H groups in total. The van der Waals surface area contributed by atoms with E-state index in [-0.39, 0.29) is 37.5 Å². The Morgan fingerprint density at radius 2 is 0.488 bits per heavy atom. The van der Waals surface area contributed by atoms with E-state index in [9.17, 15) is 14.4 Å². The maximum absolute atomic E-state index is 12.9. The van der Waals surface area contributed by atoms with Crippen LogP contribution in [0.4, 0.5) is 0 Å². The Morgan fingerprint density at radius 3 is 0.780 bits per heavy atom. The van der Waals surface area contributed by atoms with E-state index in [0.717, 1.165) is 167 Å². The molecule has 0 aliphatic carbocycles. The van der Waals surface area contributed by atoms with Crippen LogP contribution in [0.15, 0.2) is 182 Å². The van der Waals surface area contributed by atoms with Gasteiger partial charge in [0.1, 0.15) is 13.2 Å². The number of hydrogen-bond donors (Lipinski definition) is 0. The van der Waals surface area contributed by atoms with Gasteiger partial charge in [-0.25, -0.2) is 0 Å². The van der Waals surface area contributed by atoms with Crippen molar-refractivity contribution >= 4 is 17.9 Å². The Kier molecular flexibility index (Phi) is 63.5. The van der Waals surface area contributed by atoms with Gasteiger partial charge in [0.2, 0.25) is 0 Å². The number of unbranched alkanes of at least 4 members (excludes halogenated alkanes) is 16. The zero-order chi connectivity index (χ0) is 59.2. The molecule has 0 heterocycles. The van der Waals surface area contributed by atoms with Crippen LogP contribution in [-0.4, -0.2) is 37.2 Å². The van der Waals surface area contributed by atoms with Crippen molar-refractivity contribution in [3.8, 4) is 0 Å². The minimum atomic E-state index is -0.834. The molecule has 458 valence electrons. The van der Waals surface area contributed by atoms with E-state index in [1.165, 1.54) is 44.9 Å². The molecule has 0 aliphatic heterocycles. The van der Waals surface area contributed by atoms with Crippen molar-refractivity contribution in [2.75, 3.05) is 13.2 Å². The zero-order valence-corrected chi connectivity index (χ0v) is 52.4. The summed E-state index contributed by atoms with van der Waals surface area (Å²) in [6, 6.07) is 0. The van der Waals surface area contributed by atoms with Crippen molar-refractivity contribution in [1.82, 2.24) is 0 Å². The van der Waals surface area contributed by atoms with Gasteiger partial charge in [0, 0.05) is 19.3 Å². The topological polar surface area (TPSA) is 78.9 Å². The molecule has 6 nitrogen and oxygen atoms in total. The molecule has 1 unspecified atom stereocenters. The van der Waals surface area contributed by atoms with E-state index < -0.39 is 6.10 Å². The lowest BCUT2D eigenvalue weighted by atomic mass is 10.1. The number of carbonyl (C=O) groups is 3. The van der Waals surface area contributed by atoms with Crippen molar-refractivity contribution in [1.29, 1.82) is 0 Å². The SMILES string of the molecule is CC/C=C\C/C=C\C/C=C\C/C=C\C/C=C\C/C=C\C/C=C\CCCC(=O)OC(COC(=O)CCCCCCC/C=C\C/C=C\CCCCCC)COC(=O)CCCCCCCC/C=C\C/C=C\C/C=C\C/C=C\C/C=C\C/C=C\CC. The summed E-state index contributed by atoms with van der Waals surface area (Å²) in [5, 5.41) is 0. The fourth-order valence-corrected chi connectivity index (χ4v) is 8.29. The molecule has 0 aromatic heterocycles. The second-order valence-corrected chi connectivity index (χ2v) is 20.9. The van der Waals surface area contributed by atoms with Crippen LogP contribution < -0.4 is 0 Å². The Bertz CT molecular complexity index is 1920. The van der Waals surface area contributed by atoms with Crippen LogP contribution in [0, 0.1) is 0 Å². The molecule has 0 amide bonds. The fraction of sp³-hybridized carbons (Fsp3) is 0.566. The number of esters is 3. The maximum Gasteiger partial charge on any atom is 0.306 e. The molecule has 0 aromatic carbocycles. The standard InChI is InChI=1S/C76H118O6/c1-4-7-10-13-16-19-22-25-28-31-33-35-37-38-40-41-43-45-48-51-54-57-60-63-66-69-75(78)81-72-73(71-80-74(77)68-65-62-59-56-53-50-47-30-27-24-21-18-15-12-9-6-3)82-76(79)70-67-64-61-58-55-52-49-46-44-42-39-36-34-32-29-26-23-20-17-14-11-8-5-2/h7-8,10-11,16-17,19-21,24-26,28-30,33-36,38,40,42-45,47,49,52,58,61,73H,4-6,9,12-15,18,22-23,27,31-32,37,39,41,46,48,50-51,53-57,59-60,62-72H2,1-3H3/b10-7-,11-8-,19-16-,20-17-,24-21-,28-25-,29-26-,35-33-,36-34-,40-38-,44-42-,45-43-,47-30-,52-49-,61-58-. The predicted molar refractivity (Wildman–Crippen MR) is 357 cm³/mol. The van der Waals surface area contributed by atoms with Crippen molar-refractivity contribution in [3.05, 3.63) is 182 Å². The molecule has 0 fully saturated rings. The van der Waals surface area contributed by atoms with E-state index in [1.807, 2.05) is 0 Å². The van der Waals surface area contributed by atoms with Crippen LogP contribution in [0.3, 0.4) is 0 Å². The first kappa shape index (κ1) is 76.5. The molecule has 0 bridgehead atoms. The highest BCUT2D eigenvalue weighted by Gasteiger charge is 2.19. The molecule has 0 spiro atoms. The monoisotopic (exact) mass is 1130 g/mol. The van der Waals surface area contributed by atoms with E-state index in [0.29, 0.717) is 19.3 Å². The van der Waals surface area contributed by atoms with Gasteiger partial charge in [0.25, 0.3) is 0 Å². The summed E-state index contributed by atoms with van der Waals surface area (Å²) < 4.78 is 16.9. The quantitative estimate of drug-likeness (QED) is 0.0261. The number of rotatable bonds is 57. The number of ether oxygens (including phenoxy) is 3. The van der Waals surface area contributed by atoms with E-state index in [4.69, 9.17) is 14.2 Å². The Balaban J connectivity index is 4.56. The highest BCUT2D eigenvalue weighted by Crippen LogP contribution is 2.13. The minimum absolute atomic E-state index is 0.122. The van der Waals surface area contributed by atoms with Gasteiger partial charge < -0.3 is 14.2 Å². The van der Waals surface area contributed by atoms with Crippen molar-refractivity contribution in [2.24, 2.45) is 0 Å². The third-order valence-corrected chi connectivity index (χ3v) is 13.1. The van der Waals surface area contributed by atoms with E-state index in [2.05, 4.69) is 203 Å². The first-order valence-corrected chi connectivity index (χ1v) is 32.8. The summed E-state index contributed by atoms with van der Waals surface area (Å²) in [5.74, 6) is -1.02. The van der Waals surface area contributed by atoms with Crippen molar-refractivity contribution < 1.29 is 28.6 Å². The summed E-state index contributed by atoms with van der Waals surface area (Å²) in [6.45, 7) is 6.32. The molecule has 0 radical (unpaired) electrons. The van der Waals surface area contributed by atoms with Crippen molar-refractivity contribution in [2.45, 2.75) is 264 Å². The van der Waals surface area contributed by atoms with Crippen molar-refractivity contribution in [3.63, 3.8) is 0 Å². The zero-order valence-electron chi connectivity index (χ0n) is 52.4. The summed E-state index contributed by atoms with van der Waals surface area (Å²) in [4.78, 5) is 38.4. The van der Waals surface area contributed by atoms with Crippen LogP contribution in [0.2, 0.25) is 0 Å². The van der Waals surface area contributed by atoms with Gasteiger partial charge in [-0.3, -0.25) is 14.4 Å². The lowest BCUT2D eigenvalue weighted by molar-refractivity contribution is -0.167. The molecular formula is C76H118O6. The fourth-order valence-electron chi connectivity index (χ4n) is 8.29. The highest BCUT2D eigenvalue weighted by molar-refractivity contribution is 5.71. The van der Waals surface area contributed by atoms with Crippen LogP contribution in [-0.2, 0) is 28.6 Å². The first-order valence-electron chi connectivity index (χ1n) is 32.8. The average molecular weight is 1130 g/mol. The van der Waals surface area contributed by atoms with Gasteiger partial charge in [0.15, 0.2) is 6.10 Å². The Labute approximate surface area is 504 Å². The van der Waals surface area contributed by atoms with Crippen LogP contribution in [0.5, 0.6) is 0 Å².